The Morgan fingerprint density at radius 1 is 1.24 bits per heavy atom. The number of amides is 1. The minimum atomic E-state index is -0.748. The summed E-state index contributed by atoms with van der Waals surface area (Å²) in [5.74, 6) is 0.749. The standard InChI is InChI=1S/C19H22ClN3O2/c1-14-21-11-17(12-22-14)19(20,16-7-9-25-10-8-16)13-23-18(24)15-5-3-2-4-6-15/h2-6,11-12,16H,7-10,13H2,1H3,(H,23,24). The fraction of sp³-hybridized carbons (Fsp3) is 0.421. The second-order valence-corrected chi connectivity index (χ2v) is 6.99. The average molecular weight is 360 g/mol. The zero-order chi connectivity index (χ0) is 17.7. The Morgan fingerprint density at radius 3 is 2.52 bits per heavy atom. The number of alkyl halides is 1. The molecule has 0 aliphatic carbocycles. The summed E-state index contributed by atoms with van der Waals surface area (Å²) in [6.45, 7) is 3.52. The van der Waals surface area contributed by atoms with Crippen molar-refractivity contribution in [2.45, 2.75) is 24.6 Å². The zero-order valence-corrected chi connectivity index (χ0v) is 15.0. The Bertz CT molecular complexity index is 702. The predicted molar refractivity (Wildman–Crippen MR) is 96.6 cm³/mol. The first-order chi connectivity index (χ1) is 12.1. The topological polar surface area (TPSA) is 64.1 Å². The summed E-state index contributed by atoms with van der Waals surface area (Å²) in [5.41, 5.74) is 1.45. The van der Waals surface area contributed by atoms with Crippen LogP contribution >= 0.6 is 11.6 Å². The molecule has 1 atom stereocenters. The molecule has 1 N–H and O–H groups in total. The van der Waals surface area contributed by atoms with E-state index in [2.05, 4.69) is 15.3 Å². The van der Waals surface area contributed by atoms with Crippen molar-refractivity contribution in [1.82, 2.24) is 15.3 Å². The largest absolute Gasteiger partial charge is 0.381 e. The molecule has 1 fully saturated rings. The highest BCUT2D eigenvalue weighted by Crippen LogP contribution is 2.41. The Hall–Kier alpha value is -1.98. The van der Waals surface area contributed by atoms with Crippen LogP contribution in [0.25, 0.3) is 0 Å². The lowest BCUT2D eigenvalue weighted by molar-refractivity contribution is 0.0510. The number of ether oxygens (including phenoxy) is 1. The van der Waals surface area contributed by atoms with E-state index in [-0.39, 0.29) is 11.8 Å². The first-order valence-corrected chi connectivity index (χ1v) is 8.86. The van der Waals surface area contributed by atoms with Gasteiger partial charge in [-0.3, -0.25) is 4.79 Å². The molecule has 1 aromatic carbocycles. The van der Waals surface area contributed by atoms with E-state index >= 15 is 0 Å². The third kappa shape index (κ3) is 4.17. The van der Waals surface area contributed by atoms with E-state index in [9.17, 15) is 4.79 Å². The zero-order valence-electron chi connectivity index (χ0n) is 14.2. The van der Waals surface area contributed by atoms with E-state index in [1.807, 2.05) is 25.1 Å². The molecular weight excluding hydrogens is 338 g/mol. The molecule has 1 amide bonds. The van der Waals surface area contributed by atoms with Gasteiger partial charge in [0.25, 0.3) is 5.91 Å². The highest BCUT2D eigenvalue weighted by molar-refractivity contribution is 6.24. The quantitative estimate of drug-likeness (QED) is 0.833. The van der Waals surface area contributed by atoms with E-state index in [4.69, 9.17) is 16.3 Å². The van der Waals surface area contributed by atoms with Gasteiger partial charge in [0.05, 0.1) is 4.87 Å². The molecule has 3 rings (SSSR count). The summed E-state index contributed by atoms with van der Waals surface area (Å²) in [6.07, 6.45) is 5.22. The molecular formula is C19H22ClN3O2. The van der Waals surface area contributed by atoms with Gasteiger partial charge in [-0.1, -0.05) is 18.2 Å². The number of hydrogen-bond donors (Lipinski definition) is 1. The lowest BCUT2D eigenvalue weighted by Crippen LogP contribution is -2.44. The van der Waals surface area contributed by atoms with Crippen LogP contribution in [0.5, 0.6) is 0 Å². The first kappa shape index (κ1) is 17.8. The smallest absolute Gasteiger partial charge is 0.251 e. The van der Waals surface area contributed by atoms with Crippen LogP contribution in [0, 0.1) is 12.8 Å². The second kappa shape index (κ2) is 7.93. The lowest BCUT2D eigenvalue weighted by atomic mass is 9.81. The van der Waals surface area contributed by atoms with E-state index in [1.165, 1.54) is 0 Å². The normalized spacial score (nSPS) is 17.7. The highest BCUT2D eigenvalue weighted by Gasteiger charge is 2.40. The second-order valence-electron chi connectivity index (χ2n) is 6.32. The molecule has 0 bridgehead atoms. The minimum absolute atomic E-state index is 0.134. The van der Waals surface area contributed by atoms with Gasteiger partial charge in [0.15, 0.2) is 0 Å². The predicted octanol–water partition coefficient (Wildman–Crippen LogP) is 3.08. The molecule has 0 radical (unpaired) electrons. The number of nitrogens with zero attached hydrogens (tertiary/aromatic N) is 2. The van der Waals surface area contributed by atoms with Crippen molar-refractivity contribution in [2.24, 2.45) is 5.92 Å². The number of hydrogen-bond acceptors (Lipinski definition) is 4. The van der Waals surface area contributed by atoms with E-state index in [0.717, 1.165) is 18.4 Å². The summed E-state index contributed by atoms with van der Waals surface area (Å²) < 4.78 is 5.47. The molecule has 1 aliphatic rings. The van der Waals surface area contributed by atoms with Gasteiger partial charge in [-0.2, -0.15) is 0 Å². The van der Waals surface area contributed by atoms with Gasteiger partial charge < -0.3 is 10.1 Å². The van der Waals surface area contributed by atoms with Crippen LogP contribution in [0.2, 0.25) is 0 Å². The van der Waals surface area contributed by atoms with Crippen LogP contribution in [0.15, 0.2) is 42.7 Å². The van der Waals surface area contributed by atoms with E-state index in [0.29, 0.717) is 31.1 Å². The fourth-order valence-electron chi connectivity index (χ4n) is 3.14. The number of carbonyl (C=O) groups excluding carboxylic acids is 1. The molecule has 0 saturated carbocycles. The Balaban J connectivity index is 1.81. The fourth-order valence-corrected chi connectivity index (χ4v) is 3.53. The van der Waals surface area contributed by atoms with E-state index in [1.54, 1.807) is 24.5 Å². The molecule has 2 aromatic rings. The van der Waals surface area contributed by atoms with Gasteiger partial charge in [-0.05, 0) is 37.8 Å². The van der Waals surface area contributed by atoms with Gasteiger partial charge >= 0.3 is 0 Å². The number of nitrogens with one attached hydrogen (secondary N) is 1. The maximum absolute atomic E-state index is 12.4. The maximum atomic E-state index is 12.4. The van der Waals surface area contributed by atoms with E-state index < -0.39 is 4.87 Å². The molecule has 1 saturated heterocycles. The Labute approximate surface area is 152 Å². The molecule has 1 aliphatic heterocycles. The Morgan fingerprint density at radius 2 is 1.88 bits per heavy atom. The Kier molecular flexibility index (Phi) is 5.66. The molecule has 0 spiro atoms. The number of benzene rings is 1. The lowest BCUT2D eigenvalue weighted by Gasteiger charge is -2.38. The maximum Gasteiger partial charge on any atom is 0.251 e. The van der Waals surface area contributed by atoms with Gasteiger partial charge in [0.1, 0.15) is 5.82 Å². The molecule has 132 valence electrons. The molecule has 1 aromatic heterocycles. The summed E-state index contributed by atoms with van der Waals surface area (Å²) >= 11 is 7.08. The molecule has 6 heteroatoms. The third-order valence-electron chi connectivity index (χ3n) is 4.67. The third-order valence-corrected chi connectivity index (χ3v) is 5.33. The van der Waals surface area contributed by atoms with Crippen molar-refractivity contribution in [3.63, 3.8) is 0 Å². The van der Waals surface area contributed by atoms with Crippen LogP contribution < -0.4 is 5.32 Å². The SMILES string of the molecule is Cc1ncc(C(Cl)(CNC(=O)c2ccccc2)C2CCOCC2)cn1. The first-order valence-electron chi connectivity index (χ1n) is 8.48. The number of aryl methyl sites for hydroxylation is 1. The van der Waals surface area contributed by atoms with Gasteiger partial charge in [0, 0.05) is 43.3 Å². The summed E-state index contributed by atoms with van der Waals surface area (Å²) in [5, 5.41) is 2.98. The highest BCUT2D eigenvalue weighted by atomic mass is 35.5. The van der Waals surface area contributed by atoms with Crippen molar-refractivity contribution in [3.8, 4) is 0 Å². The van der Waals surface area contributed by atoms with Gasteiger partial charge in [-0.25, -0.2) is 9.97 Å². The molecule has 1 unspecified atom stereocenters. The number of carbonyl (C=O) groups is 1. The molecule has 25 heavy (non-hydrogen) atoms. The van der Waals surface area contributed by atoms with Crippen LogP contribution in [0.1, 0.15) is 34.6 Å². The molecule has 5 nitrogen and oxygen atoms in total. The monoisotopic (exact) mass is 359 g/mol. The van der Waals surface area contributed by atoms with Crippen molar-refractivity contribution in [2.75, 3.05) is 19.8 Å². The van der Waals surface area contributed by atoms with Gasteiger partial charge in [-0.15, -0.1) is 11.6 Å². The number of rotatable bonds is 5. The van der Waals surface area contributed by atoms with Crippen molar-refractivity contribution in [3.05, 3.63) is 59.7 Å². The van der Waals surface area contributed by atoms with Crippen molar-refractivity contribution >= 4 is 17.5 Å². The van der Waals surface area contributed by atoms with Gasteiger partial charge in [0.2, 0.25) is 0 Å². The summed E-state index contributed by atoms with van der Waals surface area (Å²) in [7, 11) is 0. The molecule has 2 heterocycles. The number of aromatic nitrogens is 2. The van der Waals surface area contributed by atoms with Crippen LogP contribution in [0.4, 0.5) is 0 Å². The average Bonchev–Trinajstić information content (AvgIpc) is 2.68. The van der Waals surface area contributed by atoms with Crippen LogP contribution in [-0.4, -0.2) is 35.6 Å². The minimum Gasteiger partial charge on any atom is -0.381 e. The van der Waals surface area contributed by atoms with Crippen LogP contribution in [-0.2, 0) is 9.61 Å². The van der Waals surface area contributed by atoms with Crippen LogP contribution in [0.3, 0.4) is 0 Å². The number of halogens is 1. The summed E-state index contributed by atoms with van der Waals surface area (Å²) in [4.78, 5) is 20.3. The van der Waals surface area contributed by atoms with Crippen molar-refractivity contribution < 1.29 is 9.53 Å². The van der Waals surface area contributed by atoms with Crippen molar-refractivity contribution in [1.29, 1.82) is 0 Å². The summed E-state index contributed by atoms with van der Waals surface area (Å²) in [6, 6.07) is 9.14.